The van der Waals surface area contributed by atoms with Crippen molar-refractivity contribution in [2.45, 2.75) is 43.5 Å². The molecule has 0 unspecified atom stereocenters. The van der Waals surface area contributed by atoms with Crippen LogP contribution in [0.25, 0.3) is 0 Å². The average molecular weight is 393 g/mol. The highest BCUT2D eigenvalue weighted by Crippen LogP contribution is 2.27. The van der Waals surface area contributed by atoms with Crippen LogP contribution >= 0.6 is 23.2 Å². The van der Waals surface area contributed by atoms with Gasteiger partial charge in [-0.25, -0.2) is 8.42 Å². The number of hydrogen-bond donors (Lipinski definition) is 1. The minimum Gasteiger partial charge on any atom is -0.352 e. The van der Waals surface area contributed by atoms with Gasteiger partial charge in [-0.2, -0.15) is 4.31 Å². The maximum Gasteiger partial charge on any atom is 0.244 e. The number of nitrogens with one attached hydrogen (secondary N) is 1. The Labute approximate surface area is 153 Å². The number of rotatable bonds is 5. The van der Waals surface area contributed by atoms with Gasteiger partial charge in [-0.3, -0.25) is 4.79 Å². The van der Waals surface area contributed by atoms with E-state index in [1.54, 1.807) is 0 Å². The Balaban J connectivity index is 2.06. The predicted molar refractivity (Wildman–Crippen MR) is 95.8 cm³/mol. The summed E-state index contributed by atoms with van der Waals surface area (Å²) in [4.78, 5) is 12.1. The summed E-state index contributed by atoms with van der Waals surface area (Å²) < 4.78 is 26.2. The largest absolute Gasteiger partial charge is 0.352 e. The number of nitrogens with zero attached hydrogens (tertiary/aromatic N) is 1. The number of benzene rings is 1. The van der Waals surface area contributed by atoms with E-state index < -0.39 is 10.0 Å². The Kier molecular flexibility index (Phi) is 6.53. The molecule has 2 atom stereocenters. The Morgan fingerprint density at radius 2 is 1.96 bits per heavy atom. The lowest BCUT2D eigenvalue weighted by Crippen LogP contribution is -2.46. The summed E-state index contributed by atoms with van der Waals surface area (Å²) in [5.41, 5.74) is 0. The van der Waals surface area contributed by atoms with Crippen LogP contribution in [0.15, 0.2) is 23.1 Å². The maximum atomic E-state index is 12.6. The fraction of sp³-hybridized carbons (Fsp3) is 0.562. The molecule has 0 heterocycles. The summed E-state index contributed by atoms with van der Waals surface area (Å²) in [6.07, 6.45) is 4.28. The Bertz CT molecular complexity index is 709. The lowest BCUT2D eigenvalue weighted by molar-refractivity contribution is -0.122. The van der Waals surface area contributed by atoms with Crippen LogP contribution in [-0.4, -0.2) is 38.3 Å². The molecule has 8 heteroatoms. The van der Waals surface area contributed by atoms with E-state index in [9.17, 15) is 13.2 Å². The summed E-state index contributed by atoms with van der Waals surface area (Å²) >= 11 is 11.8. The van der Waals surface area contributed by atoms with Crippen molar-refractivity contribution < 1.29 is 13.2 Å². The lowest BCUT2D eigenvalue weighted by Gasteiger charge is -2.30. The summed E-state index contributed by atoms with van der Waals surface area (Å²) in [5, 5.41) is 3.29. The predicted octanol–water partition coefficient (Wildman–Crippen LogP) is 3.31. The lowest BCUT2D eigenvalue weighted by atomic mass is 9.86. The second kappa shape index (κ2) is 8.04. The van der Waals surface area contributed by atoms with Crippen molar-refractivity contribution in [3.05, 3.63) is 28.2 Å². The van der Waals surface area contributed by atoms with Gasteiger partial charge in [0, 0.05) is 18.1 Å². The number of carbonyl (C=O) groups is 1. The average Bonchev–Trinajstić information content (AvgIpc) is 2.51. The van der Waals surface area contributed by atoms with Crippen LogP contribution in [0, 0.1) is 5.92 Å². The number of likely N-dealkylation sites (N-methyl/N-ethyl adjacent to an activating group) is 1. The van der Waals surface area contributed by atoms with Gasteiger partial charge in [0.25, 0.3) is 0 Å². The van der Waals surface area contributed by atoms with E-state index in [4.69, 9.17) is 23.2 Å². The summed E-state index contributed by atoms with van der Waals surface area (Å²) in [5.74, 6) is 0.102. The van der Waals surface area contributed by atoms with E-state index in [0.717, 1.165) is 23.6 Å². The van der Waals surface area contributed by atoms with Crippen molar-refractivity contribution in [1.82, 2.24) is 9.62 Å². The molecule has 1 aliphatic carbocycles. The molecule has 0 spiro atoms. The molecule has 5 nitrogen and oxygen atoms in total. The molecule has 1 fully saturated rings. The molecule has 134 valence electrons. The third-order valence-corrected chi connectivity index (χ3v) is 6.93. The van der Waals surface area contributed by atoms with Gasteiger partial charge in [-0.05, 0) is 37.0 Å². The molecule has 1 aromatic rings. The number of halogens is 2. The third-order valence-electron chi connectivity index (χ3n) is 4.41. The quantitative estimate of drug-likeness (QED) is 0.835. The SMILES string of the molecule is C[C@H]1CCCC[C@H]1NC(=O)CN(C)S(=O)(=O)c1cc(Cl)ccc1Cl. The van der Waals surface area contributed by atoms with Gasteiger partial charge in [-0.1, -0.05) is 43.0 Å². The van der Waals surface area contributed by atoms with Crippen molar-refractivity contribution in [1.29, 1.82) is 0 Å². The standard InChI is InChI=1S/C16H22Cl2N2O3S/c1-11-5-3-4-6-14(11)19-16(21)10-20(2)24(22,23)15-9-12(17)7-8-13(15)18/h7-9,11,14H,3-6,10H2,1-2H3,(H,19,21)/t11-,14+/m0/s1. The monoisotopic (exact) mass is 392 g/mol. The van der Waals surface area contributed by atoms with Crippen LogP contribution in [0.3, 0.4) is 0 Å². The summed E-state index contributed by atoms with van der Waals surface area (Å²) in [6, 6.07) is 4.34. The zero-order chi connectivity index (χ0) is 17.9. The number of hydrogen-bond acceptors (Lipinski definition) is 3. The van der Waals surface area contributed by atoms with E-state index in [2.05, 4.69) is 12.2 Å². The van der Waals surface area contributed by atoms with E-state index in [1.165, 1.54) is 31.7 Å². The Morgan fingerprint density at radius 3 is 2.62 bits per heavy atom. The highest BCUT2D eigenvalue weighted by Gasteiger charge is 2.28. The molecular formula is C16H22Cl2N2O3S. The molecule has 1 amide bonds. The molecule has 24 heavy (non-hydrogen) atoms. The molecule has 0 aliphatic heterocycles. The molecule has 1 saturated carbocycles. The first-order chi connectivity index (χ1) is 11.2. The van der Waals surface area contributed by atoms with E-state index in [-0.39, 0.29) is 33.4 Å². The first kappa shape index (κ1) is 19.5. The Hall–Kier alpha value is -0.820. The molecule has 1 N–H and O–H groups in total. The zero-order valence-corrected chi connectivity index (χ0v) is 16.1. The molecule has 0 radical (unpaired) electrons. The minimum atomic E-state index is -3.89. The minimum absolute atomic E-state index is 0.0764. The Morgan fingerprint density at radius 1 is 1.29 bits per heavy atom. The highest BCUT2D eigenvalue weighted by atomic mass is 35.5. The van der Waals surface area contributed by atoms with Crippen LogP contribution < -0.4 is 5.32 Å². The van der Waals surface area contributed by atoms with Gasteiger partial charge in [0.05, 0.1) is 11.6 Å². The molecule has 0 saturated heterocycles. The van der Waals surface area contributed by atoms with Crippen LogP contribution in [0.1, 0.15) is 32.6 Å². The van der Waals surface area contributed by atoms with Gasteiger partial charge in [0.15, 0.2) is 0 Å². The first-order valence-corrected chi connectivity index (χ1v) is 10.1. The third kappa shape index (κ3) is 4.63. The van der Waals surface area contributed by atoms with E-state index >= 15 is 0 Å². The number of carbonyl (C=O) groups excluding carboxylic acids is 1. The normalized spacial score (nSPS) is 21.7. The smallest absolute Gasteiger partial charge is 0.244 e. The summed E-state index contributed by atoms with van der Waals surface area (Å²) in [7, 11) is -2.53. The van der Waals surface area contributed by atoms with E-state index in [1.807, 2.05) is 0 Å². The zero-order valence-electron chi connectivity index (χ0n) is 13.8. The van der Waals surface area contributed by atoms with Gasteiger partial charge in [0.2, 0.25) is 15.9 Å². The summed E-state index contributed by atoms with van der Waals surface area (Å²) in [6.45, 7) is 1.85. The number of amides is 1. The van der Waals surface area contributed by atoms with Crippen molar-refractivity contribution >= 4 is 39.1 Å². The maximum absolute atomic E-state index is 12.6. The van der Waals surface area contributed by atoms with Crippen molar-refractivity contribution in [3.63, 3.8) is 0 Å². The number of sulfonamides is 1. The second-order valence-electron chi connectivity index (χ2n) is 6.27. The molecular weight excluding hydrogens is 371 g/mol. The van der Waals surface area contributed by atoms with Crippen LogP contribution in [0.5, 0.6) is 0 Å². The fourth-order valence-electron chi connectivity index (χ4n) is 2.91. The molecule has 1 aromatic carbocycles. The fourth-order valence-corrected chi connectivity index (χ4v) is 4.77. The highest BCUT2D eigenvalue weighted by molar-refractivity contribution is 7.89. The molecule has 0 bridgehead atoms. The topological polar surface area (TPSA) is 66.5 Å². The van der Waals surface area contributed by atoms with Gasteiger partial charge >= 0.3 is 0 Å². The molecule has 0 aromatic heterocycles. The van der Waals surface area contributed by atoms with E-state index in [0.29, 0.717) is 5.92 Å². The molecule has 1 aliphatic rings. The van der Waals surface area contributed by atoms with Gasteiger partial charge in [-0.15, -0.1) is 0 Å². The van der Waals surface area contributed by atoms with Crippen LogP contribution in [0.4, 0.5) is 0 Å². The van der Waals surface area contributed by atoms with Crippen molar-refractivity contribution in [2.24, 2.45) is 5.92 Å². The van der Waals surface area contributed by atoms with Crippen LogP contribution in [0.2, 0.25) is 10.0 Å². The molecule has 2 rings (SSSR count). The van der Waals surface area contributed by atoms with Crippen LogP contribution in [-0.2, 0) is 14.8 Å². The van der Waals surface area contributed by atoms with Crippen molar-refractivity contribution in [3.8, 4) is 0 Å². The first-order valence-electron chi connectivity index (χ1n) is 7.92. The second-order valence-corrected chi connectivity index (χ2v) is 9.13. The van der Waals surface area contributed by atoms with Gasteiger partial charge < -0.3 is 5.32 Å². The van der Waals surface area contributed by atoms with Gasteiger partial charge in [0.1, 0.15) is 4.90 Å². The van der Waals surface area contributed by atoms with Crippen molar-refractivity contribution in [2.75, 3.05) is 13.6 Å².